The molecule has 0 bridgehead atoms. The number of carbonyl (C=O) groups excluding carboxylic acids is 2. The lowest BCUT2D eigenvalue weighted by Gasteiger charge is -2.18. The van der Waals surface area contributed by atoms with Crippen LogP contribution in [0, 0.1) is 11.8 Å². The average molecular weight is 241 g/mol. The Morgan fingerprint density at radius 1 is 1.06 bits per heavy atom. The molecule has 3 rings (SSSR count). The number of fused-ring (bicyclic) bond motifs is 1. The third kappa shape index (κ3) is 1.58. The van der Waals surface area contributed by atoms with Gasteiger partial charge in [-0.1, -0.05) is 29.8 Å². The van der Waals surface area contributed by atoms with E-state index in [9.17, 15) is 9.59 Å². The minimum absolute atomic E-state index is 0.0383. The zero-order valence-corrected chi connectivity index (χ0v) is 10.3. The lowest BCUT2D eigenvalue weighted by molar-refractivity contribution is -0.122. The largest absolute Gasteiger partial charge is 0.274 e. The highest BCUT2D eigenvalue weighted by Crippen LogP contribution is 2.39. The van der Waals surface area contributed by atoms with Gasteiger partial charge in [-0.3, -0.25) is 14.5 Å². The summed E-state index contributed by atoms with van der Waals surface area (Å²) in [4.78, 5) is 26.1. The fourth-order valence-corrected chi connectivity index (χ4v) is 2.87. The number of para-hydroxylation sites is 1. The highest BCUT2D eigenvalue weighted by atomic mass is 16.2. The van der Waals surface area contributed by atoms with Crippen LogP contribution in [0.25, 0.3) is 0 Å². The van der Waals surface area contributed by atoms with E-state index in [4.69, 9.17) is 0 Å². The number of amides is 2. The molecule has 0 aromatic heterocycles. The van der Waals surface area contributed by atoms with Gasteiger partial charge in [0.05, 0.1) is 17.5 Å². The number of hydrogen-bond donors (Lipinski definition) is 0. The summed E-state index contributed by atoms with van der Waals surface area (Å²) >= 11 is 0. The predicted octanol–water partition coefficient (Wildman–Crippen LogP) is 2.53. The normalized spacial score (nSPS) is 27.2. The van der Waals surface area contributed by atoms with Gasteiger partial charge >= 0.3 is 0 Å². The third-order valence-corrected chi connectivity index (χ3v) is 3.84. The zero-order chi connectivity index (χ0) is 12.7. The molecular weight excluding hydrogens is 226 g/mol. The Labute approximate surface area is 106 Å². The van der Waals surface area contributed by atoms with Gasteiger partial charge in [-0.2, -0.15) is 0 Å². The van der Waals surface area contributed by atoms with Crippen molar-refractivity contribution in [3.05, 3.63) is 42.0 Å². The molecule has 2 amide bonds. The maximum Gasteiger partial charge on any atom is 0.238 e. The molecule has 1 fully saturated rings. The highest BCUT2D eigenvalue weighted by molar-refractivity contribution is 6.22. The van der Waals surface area contributed by atoms with Crippen molar-refractivity contribution in [3.8, 4) is 0 Å². The Kier molecular flexibility index (Phi) is 2.54. The molecule has 0 spiro atoms. The van der Waals surface area contributed by atoms with Crippen LogP contribution in [0.5, 0.6) is 0 Å². The summed E-state index contributed by atoms with van der Waals surface area (Å²) in [6.07, 6.45) is 3.50. The first-order chi connectivity index (χ1) is 8.68. The number of anilines is 1. The Hall–Kier alpha value is -1.90. The van der Waals surface area contributed by atoms with Crippen molar-refractivity contribution < 1.29 is 9.59 Å². The lowest BCUT2D eigenvalue weighted by atomic mass is 9.82. The van der Waals surface area contributed by atoms with Crippen molar-refractivity contribution in [2.45, 2.75) is 19.8 Å². The molecule has 1 saturated heterocycles. The predicted molar refractivity (Wildman–Crippen MR) is 68.9 cm³/mol. The average Bonchev–Trinajstić information content (AvgIpc) is 2.63. The first-order valence-electron chi connectivity index (χ1n) is 6.27. The molecular formula is C15H15NO2. The first-order valence-corrected chi connectivity index (χ1v) is 6.27. The highest BCUT2D eigenvalue weighted by Gasteiger charge is 2.48. The fraction of sp³-hybridized carbons (Fsp3) is 0.333. The molecule has 1 aliphatic carbocycles. The van der Waals surface area contributed by atoms with Crippen molar-refractivity contribution in [1.29, 1.82) is 0 Å². The Morgan fingerprint density at radius 3 is 2.44 bits per heavy atom. The van der Waals surface area contributed by atoms with Crippen LogP contribution in [0.1, 0.15) is 19.8 Å². The molecule has 1 aliphatic heterocycles. The van der Waals surface area contributed by atoms with Gasteiger partial charge < -0.3 is 0 Å². The molecule has 1 heterocycles. The molecule has 92 valence electrons. The van der Waals surface area contributed by atoms with Crippen molar-refractivity contribution in [2.75, 3.05) is 4.90 Å². The molecule has 18 heavy (non-hydrogen) atoms. The fourth-order valence-electron chi connectivity index (χ4n) is 2.87. The van der Waals surface area contributed by atoms with E-state index in [1.807, 2.05) is 37.3 Å². The van der Waals surface area contributed by atoms with E-state index in [1.165, 1.54) is 10.5 Å². The monoisotopic (exact) mass is 241 g/mol. The van der Waals surface area contributed by atoms with E-state index >= 15 is 0 Å². The summed E-state index contributed by atoms with van der Waals surface area (Å²) < 4.78 is 0. The summed E-state index contributed by atoms with van der Waals surface area (Å²) in [5.41, 5.74) is 1.91. The molecule has 0 radical (unpaired) electrons. The molecule has 0 N–H and O–H groups in total. The van der Waals surface area contributed by atoms with E-state index < -0.39 is 0 Å². The van der Waals surface area contributed by atoms with Crippen molar-refractivity contribution in [1.82, 2.24) is 0 Å². The second-order valence-electron chi connectivity index (χ2n) is 5.05. The van der Waals surface area contributed by atoms with Crippen LogP contribution in [0.3, 0.4) is 0 Å². The second kappa shape index (κ2) is 4.09. The molecule has 1 aromatic rings. The van der Waals surface area contributed by atoms with Gasteiger partial charge in [0.25, 0.3) is 0 Å². The van der Waals surface area contributed by atoms with E-state index in [-0.39, 0.29) is 23.7 Å². The lowest BCUT2D eigenvalue weighted by Crippen LogP contribution is -2.30. The number of allylic oxidation sites excluding steroid dienone is 2. The summed E-state index contributed by atoms with van der Waals surface area (Å²) in [6, 6.07) is 9.21. The standard InChI is InChI=1S/C15H15NO2/c1-10-7-8-12-13(9-10)15(18)16(14(12)17)11-5-3-2-4-6-11/h2-7,12-13H,8-9H2,1H3. The molecule has 3 heteroatoms. The minimum atomic E-state index is -0.151. The van der Waals surface area contributed by atoms with Crippen molar-refractivity contribution in [3.63, 3.8) is 0 Å². The van der Waals surface area contributed by atoms with Gasteiger partial charge in [0, 0.05) is 0 Å². The van der Waals surface area contributed by atoms with Crippen LogP contribution in [-0.2, 0) is 9.59 Å². The van der Waals surface area contributed by atoms with E-state index in [1.54, 1.807) is 0 Å². The zero-order valence-electron chi connectivity index (χ0n) is 10.3. The molecule has 2 aliphatic rings. The van der Waals surface area contributed by atoms with Crippen molar-refractivity contribution >= 4 is 17.5 Å². The van der Waals surface area contributed by atoms with Gasteiger partial charge in [-0.05, 0) is 31.9 Å². The summed E-state index contributed by atoms with van der Waals surface area (Å²) in [5, 5.41) is 0. The van der Waals surface area contributed by atoms with Crippen LogP contribution >= 0.6 is 0 Å². The van der Waals surface area contributed by atoms with Gasteiger partial charge in [-0.25, -0.2) is 0 Å². The van der Waals surface area contributed by atoms with E-state index in [0.29, 0.717) is 12.1 Å². The van der Waals surface area contributed by atoms with Crippen LogP contribution in [0.15, 0.2) is 42.0 Å². The van der Waals surface area contributed by atoms with Crippen LogP contribution in [-0.4, -0.2) is 11.8 Å². The molecule has 2 unspecified atom stereocenters. The van der Waals surface area contributed by atoms with Gasteiger partial charge in [0.2, 0.25) is 11.8 Å². The van der Waals surface area contributed by atoms with Crippen molar-refractivity contribution in [2.24, 2.45) is 11.8 Å². The van der Waals surface area contributed by atoms with Crippen LogP contribution in [0.2, 0.25) is 0 Å². The minimum Gasteiger partial charge on any atom is -0.274 e. The smallest absolute Gasteiger partial charge is 0.238 e. The topological polar surface area (TPSA) is 37.4 Å². The van der Waals surface area contributed by atoms with E-state index in [2.05, 4.69) is 6.08 Å². The number of nitrogens with zero attached hydrogens (tertiary/aromatic N) is 1. The summed E-state index contributed by atoms with van der Waals surface area (Å²) in [5.74, 6) is -0.382. The first kappa shape index (κ1) is 11.2. The number of imide groups is 1. The molecule has 3 nitrogen and oxygen atoms in total. The SMILES string of the molecule is CC1=CCC2C(=O)N(c3ccccc3)C(=O)C2C1. The van der Waals surface area contributed by atoms with Gasteiger partial charge in [0.15, 0.2) is 0 Å². The quantitative estimate of drug-likeness (QED) is 0.559. The van der Waals surface area contributed by atoms with Crippen LogP contribution < -0.4 is 4.90 Å². The third-order valence-electron chi connectivity index (χ3n) is 3.84. The molecule has 1 aromatic carbocycles. The number of benzene rings is 1. The molecule has 0 saturated carbocycles. The maximum absolute atomic E-state index is 12.4. The maximum atomic E-state index is 12.4. The molecule has 2 atom stereocenters. The Bertz CT molecular complexity index is 533. The van der Waals surface area contributed by atoms with E-state index in [0.717, 1.165) is 6.42 Å². The number of carbonyl (C=O) groups is 2. The van der Waals surface area contributed by atoms with Gasteiger partial charge in [-0.15, -0.1) is 0 Å². The number of hydrogen-bond acceptors (Lipinski definition) is 2. The van der Waals surface area contributed by atoms with Crippen LogP contribution in [0.4, 0.5) is 5.69 Å². The summed E-state index contributed by atoms with van der Waals surface area (Å²) in [6.45, 7) is 2.03. The summed E-state index contributed by atoms with van der Waals surface area (Å²) in [7, 11) is 0. The Balaban J connectivity index is 1.96. The number of rotatable bonds is 1. The van der Waals surface area contributed by atoms with Gasteiger partial charge in [0.1, 0.15) is 0 Å². The second-order valence-corrected chi connectivity index (χ2v) is 5.05. The Morgan fingerprint density at radius 2 is 1.72 bits per heavy atom.